The van der Waals surface area contributed by atoms with E-state index in [1.165, 1.54) is 19.3 Å². The van der Waals surface area contributed by atoms with E-state index in [4.69, 9.17) is 4.74 Å². The third-order valence-electron chi connectivity index (χ3n) is 3.62. The lowest BCUT2D eigenvalue weighted by molar-refractivity contribution is 0.0511. The molecule has 19 heavy (non-hydrogen) atoms. The highest BCUT2D eigenvalue weighted by Crippen LogP contribution is 2.25. The van der Waals surface area contributed by atoms with E-state index in [0.717, 1.165) is 32.0 Å². The zero-order chi connectivity index (χ0) is 14.3. The summed E-state index contributed by atoms with van der Waals surface area (Å²) in [4.78, 5) is 11.7. The van der Waals surface area contributed by atoms with E-state index in [-0.39, 0.29) is 6.09 Å². The largest absolute Gasteiger partial charge is 0.444 e. The van der Waals surface area contributed by atoms with Crippen LogP contribution in [0, 0.1) is 11.8 Å². The maximum Gasteiger partial charge on any atom is 0.407 e. The Bertz CT molecular complexity index is 274. The van der Waals surface area contributed by atoms with Crippen molar-refractivity contribution in [3.8, 4) is 0 Å². The van der Waals surface area contributed by atoms with Gasteiger partial charge in [-0.3, -0.25) is 0 Å². The number of ether oxygens (including phenoxy) is 1. The maximum atomic E-state index is 11.7. The molecule has 0 aliphatic carbocycles. The van der Waals surface area contributed by atoms with E-state index in [1.54, 1.807) is 0 Å². The average molecular weight is 270 g/mol. The van der Waals surface area contributed by atoms with Crippen molar-refractivity contribution in [1.29, 1.82) is 0 Å². The molecular weight excluding hydrogens is 240 g/mol. The molecule has 1 aliphatic rings. The van der Waals surface area contributed by atoms with Crippen LogP contribution < -0.4 is 10.6 Å². The fraction of sp³-hybridized carbons (Fsp3) is 0.933. The third-order valence-corrected chi connectivity index (χ3v) is 3.62. The lowest BCUT2D eigenvalue weighted by Gasteiger charge is -2.26. The molecule has 1 amide bonds. The number of carbonyl (C=O) groups excluding carboxylic acids is 1. The Kier molecular flexibility index (Phi) is 6.63. The molecule has 112 valence electrons. The summed E-state index contributed by atoms with van der Waals surface area (Å²) in [5.74, 6) is 1.29. The molecule has 0 radical (unpaired) electrons. The number of amides is 1. The quantitative estimate of drug-likeness (QED) is 0.826. The highest BCUT2D eigenvalue weighted by atomic mass is 16.6. The van der Waals surface area contributed by atoms with E-state index >= 15 is 0 Å². The van der Waals surface area contributed by atoms with Crippen LogP contribution in [0.25, 0.3) is 0 Å². The topological polar surface area (TPSA) is 50.4 Å². The number of hydrogen-bond donors (Lipinski definition) is 2. The first-order valence-electron chi connectivity index (χ1n) is 7.60. The van der Waals surface area contributed by atoms with Crippen molar-refractivity contribution in [3.63, 3.8) is 0 Å². The summed E-state index contributed by atoms with van der Waals surface area (Å²) in [5.41, 5.74) is -0.419. The summed E-state index contributed by atoms with van der Waals surface area (Å²) in [5, 5.41) is 6.38. The molecule has 0 bridgehead atoms. The van der Waals surface area contributed by atoms with Gasteiger partial charge in [-0.1, -0.05) is 19.8 Å². The second-order valence-corrected chi connectivity index (χ2v) is 6.52. The van der Waals surface area contributed by atoms with Gasteiger partial charge in [0, 0.05) is 6.54 Å². The normalized spacial score (nSPS) is 24.6. The molecule has 0 aromatic rings. The summed E-state index contributed by atoms with van der Waals surface area (Å²) in [7, 11) is 0. The molecule has 2 N–H and O–H groups in total. The summed E-state index contributed by atoms with van der Waals surface area (Å²) >= 11 is 0. The Hall–Kier alpha value is -0.770. The van der Waals surface area contributed by atoms with Gasteiger partial charge in [-0.25, -0.2) is 4.79 Å². The predicted octanol–water partition coefficient (Wildman–Crippen LogP) is 2.93. The molecule has 1 saturated heterocycles. The van der Waals surface area contributed by atoms with Gasteiger partial charge in [0.15, 0.2) is 0 Å². The molecule has 0 aromatic heterocycles. The minimum absolute atomic E-state index is 0.292. The van der Waals surface area contributed by atoms with Crippen LogP contribution in [0.15, 0.2) is 0 Å². The van der Waals surface area contributed by atoms with Gasteiger partial charge < -0.3 is 15.4 Å². The van der Waals surface area contributed by atoms with Crippen LogP contribution in [-0.2, 0) is 4.74 Å². The molecule has 1 heterocycles. The smallest absolute Gasteiger partial charge is 0.407 e. The zero-order valence-electron chi connectivity index (χ0n) is 12.9. The SMILES string of the molecule is CCCC1CCNCCC1CNC(=O)OC(C)(C)C. The van der Waals surface area contributed by atoms with Gasteiger partial charge in [-0.05, 0) is 58.5 Å². The lowest BCUT2D eigenvalue weighted by Crippen LogP contribution is -2.37. The van der Waals surface area contributed by atoms with Crippen LogP contribution in [0.1, 0.15) is 53.4 Å². The molecule has 2 unspecified atom stereocenters. The van der Waals surface area contributed by atoms with E-state index in [9.17, 15) is 4.79 Å². The Morgan fingerprint density at radius 1 is 1.26 bits per heavy atom. The number of rotatable bonds is 4. The van der Waals surface area contributed by atoms with E-state index in [0.29, 0.717) is 5.92 Å². The van der Waals surface area contributed by atoms with Crippen LogP contribution in [0.4, 0.5) is 4.79 Å². The summed E-state index contributed by atoms with van der Waals surface area (Å²) in [6, 6.07) is 0. The minimum atomic E-state index is -0.419. The molecule has 0 saturated carbocycles. The molecule has 0 spiro atoms. The van der Waals surface area contributed by atoms with E-state index < -0.39 is 5.60 Å². The second kappa shape index (κ2) is 7.73. The molecule has 4 heteroatoms. The summed E-state index contributed by atoms with van der Waals surface area (Å²) < 4.78 is 5.29. The Morgan fingerprint density at radius 2 is 1.89 bits per heavy atom. The number of alkyl carbamates (subject to hydrolysis) is 1. The van der Waals surface area contributed by atoms with Crippen LogP contribution >= 0.6 is 0 Å². The Labute approximate surface area is 117 Å². The molecule has 1 fully saturated rings. The summed E-state index contributed by atoms with van der Waals surface area (Å²) in [6.07, 6.45) is 4.53. The van der Waals surface area contributed by atoms with Gasteiger partial charge >= 0.3 is 6.09 Å². The third kappa shape index (κ3) is 6.81. The predicted molar refractivity (Wildman–Crippen MR) is 78.2 cm³/mol. The van der Waals surface area contributed by atoms with Gasteiger partial charge in [0.2, 0.25) is 0 Å². The van der Waals surface area contributed by atoms with Gasteiger partial charge in [-0.15, -0.1) is 0 Å². The van der Waals surface area contributed by atoms with Crippen molar-refractivity contribution in [2.75, 3.05) is 19.6 Å². The first-order valence-corrected chi connectivity index (χ1v) is 7.60. The van der Waals surface area contributed by atoms with Crippen LogP contribution in [-0.4, -0.2) is 31.3 Å². The van der Waals surface area contributed by atoms with Crippen molar-refractivity contribution < 1.29 is 9.53 Å². The van der Waals surface area contributed by atoms with Gasteiger partial charge in [0.1, 0.15) is 5.60 Å². The first-order chi connectivity index (χ1) is 8.92. The molecule has 0 aromatic carbocycles. The standard InChI is InChI=1S/C15H30N2O2/c1-5-6-12-7-9-16-10-8-13(12)11-17-14(18)19-15(2,3)4/h12-13,16H,5-11H2,1-4H3,(H,17,18). The zero-order valence-corrected chi connectivity index (χ0v) is 12.9. The molecule has 2 atom stereocenters. The fourth-order valence-corrected chi connectivity index (χ4v) is 2.72. The summed E-state index contributed by atoms with van der Waals surface area (Å²) in [6.45, 7) is 10.8. The molecule has 1 aliphatic heterocycles. The van der Waals surface area contributed by atoms with Gasteiger partial charge in [0.05, 0.1) is 0 Å². The van der Waals surface area contributed by atoms with Crippen molar-refractivity contribution in [2.45, 2.75) is 59.0 Å². The van der Waals surface area contributed by atoms with Crippen molar-refractivity contribution in [2.24, 2.45) is 11.8 Å². The molecular formula is C15H30N2O2. The Morgan fingerprint density at radius 3 is 2.47 bits per heavy atom. The fourth-order valence-electron chi connectivity index (χ4n) is 2.72. The van der Waals surface area contributed by atoms with Gasteiger partial charge in [0.25, 0.3) is 0 Å². The first kappa shape index (κ1) is 16.3. The van der Waals surface area contributed by atoms with Crippen molar-refractivity contribution in [3.05, 3.63) is 0 Å². The van der Waals surface area contributed by atoms with E-state index in [1.807, 2.05) is 20.8 Å². The van der Waals surface area contributed by atoms with Crippen LogP contribution in [0.3, 0.4) is 0 Å². The van der Waals surface area contributed by atoms with E-state index in [2.05, 4.69) is 17.6 Å². The van der Waals surface area contributed by atoms with Crippen LogP contribution in [0.2, 0.25) is 0 Å². The van der Waals surface area contributed by atoms with Crippen molar-refractivity contribution in [1.82, 2.24) is 10.6 Å². The number of nitrogens with one attached hydrogen (secondary N) is 2. The Balaban J connectivity index is 2.41. The lowest BCUT2D eigenvalue weighted by atomic mass is 9.84. The van der Waals surface area contributed by atoms with Crippen molar-refractivity contribution >= 4 is 6.09 Å². The highest BCUT2D eigenvalue weighted by Gasteiger charge is 2.24. The molecule has 1 rings (SSSR count). The maximum absolute atomic E-state index is 11.7. The van der Waals surface area contributed by atoms with Gasteiger partial charge in [-0.2, -0.15) is 0 Å². The highest BCUT2D eigenvalue weighted by molar-refractivity contribution is 5.67. The van der Waals surface area contributed by atoms with Crippen LogP contribution in [0.5, 0.6) is 0 Å². The second-order valence-electron chi connectivity index (χ2n) is 6.52. The minimum Gasteiger partial charge on any atom is -0.444 e. The number of carbonyl (C=O) groups is 1. The molecule has 4 nitrogen and oxygen atoms in total. The average Bonchev–Trinajstić information content (AvgIpc) is 2.50. The monoisotopic (exact) mass is 270 g/mol. The number of hydrogen-bond acceptors (Lipinski definition) is 3.